The molecule has 23 heavy (non-hydrogen) atoms. The molecule has 0 radical (unpaired) electrons. The van der Waals surface area contributed by atoms with Gasteiger partial charge in [-0.25, -0.2) is 0 Å². The van der Waals surface area contributed by atoms with Crippen LogP contribution in [0.1, 0.15) is 18.4 Å². The highest BCUT2D eigenvalue weighted by Crippen LogP contribution is 2.38. The Kier molecular flexibility index (Phi) is 5.06. The summed E-state index contributed by atoms with van der Waals surface area (Å²) >= 11 is 5.42. The molecule has 5 heteroatoms. The Labute approximate surface area is 143 Å². The number of hydrogen-bond acceptors (Lipinski definition) is 3. The van der Waals surface area contributed by atoms with E-state index in [0.717, 1.165) is 35.5 Å². The molecule has 0 spiro atoms. The van der Waals surface area contributed by atoms with Crippen LogP contribution in [-0.4, -0.2) is 31.9 Å². The van der Waals surface area contributed by atoms with E-state index in [0.29, 0.717) is 12.0 Å². The van der Waals surface area contributed by atoms with Crippen LogP contribution in [0, 0.1) is 11.8 Å². The van der Waals surface area contributed by atoms with Crippen molar-refractivity contribution >= 4 is 17.3 Å². The first-order chi connectivity index (χ1) is 11.2. The topological polar surface area (TPSA) is 42.5 Å². The third-order valence-electron chi connectivity index (χ3n) is 4.74. The van der Waals surface area contributed by atoms with Crippen molar-refractivity contribution in [1.29, 1.82) is 0 Å². The van der Waals surface area contributed by atoms with Crippen molar-refractivity contribution in [1.82, 2.24) is 10.6 Å². The van der Waals surface area contributed by atoms with Gasteiger partial charge in [0.05, 0.1) is 14.2 Å². The molecule has 124 valence electrons. The lowest BCUT2D eigenvalue weighted by atomic mass is 10.0. The molecule has 0 heterocycles. The maximum atomic E-state index is 5.42. The molecule has 0 aromatic heterocycles. The molecular formula is C18H24N2O2S. The zero-order valence-corrected chi connectivity index (χ0v) is 14.5. The summed E-state index contributed by atoms with van der Waals surface area (Å²) in [4.78, 5) is 0. The lowest BCUT2D eigenvalue weighted by Gasteiger charge is -2.22. The maximum absolute atomic E-state index is 5.42. The second-order valence-corrected chi connectivity index (χ2v) is 6.63. The van der Waals surface area contributed by atoms with E-state index in [1.54, 1.807) is 14.2 Å². The zero-order valence-electron chi connectivity index (χ0n) is 13.7. The van der Waals surface area contributed by atoms with Gasteiger partial charge < -0.3 is 20.1 Å². The van der Waals surface area contributed by atoms with E-state index >= 15 is 0 Å². The highest BCUT2D eigenvalue weighted by atomic mass is 32.1. The minimum absolute atomic E-state index is 0.506. The van der Waals surface area contributed by atoms with Gasteiger partial charge in [0.25, 0.3) is 0 Å². The first kappa shape index (κ1) is 16.1. The predicted molar refractivity (Wildman–Crippen MR) is 96.1 cm³/mol. The van der Waals surface area contributed by atoms with Crippen LogP contribution in [0.2, 0.25) is 0 Å². The van der Waals surface area contributed by atoms with Crippen molar-refractivity contribution in [2.45, 2.75) is 25.3 Å². The molecule has 0 amide bonds. The summed E-state index contributed by atoms with van der Waals surface area (Å²) in [5, 5.41) is 7.53. The Hall–Kier alpha value is -1.75. The molecule has 3 atom stereocenters. The molecule has 2 aliphatic rings. The summed E-state index contributed by atoms with van der Waals surface area (Å²) in [6, 6.07) is 6.51. The van der Waals surface area contributed by atoms with Crippen LogP contribution in [0.5, 0.6) is 11.5 Å². The normalized spacial score (nSPS) is 24.5. The van der Waals surface area contributed by atoms with Gasteiger partial charge in [-0.1, -0.05) is 18.2 Å². The van der Waals surface area contributed by atoms with E-state index in [4.69, 9.17) is 21.7 Å². The van der Waals surface area contributed by atoms with Gasteiger partial charge in [-0.2, -0.15) is 0 Å². The monoisotopic (exact) mass is 332 g/mol. The van der Waals surface area contributed by atoms with Crippen molar-refractivity contribution in [3.63, 3.8) is 0 Å². The summed E-state index contributed by atoms with van der Waals surface area (Å²) in [5.74, 6) is 2.93. The number of hydrogen-bond donors (Lipinski definition) is 2. The molecule has 1 fully saturated rings. The fraction of sp³-hybridized carbons (Fsp3) is 0.500. The van der Waals surface area contributed by atoms with Crippen LogP contribution in [0.25, 0.3) is 0 Å². The second kappa shape index (κ2) is 7.21. The highest BCUT2D eigenvalue weighted by Gasteiger charge is 2.35. The van der Waals surface area contributed by atoms with Gasteiger partial charge in [-0.15, -0.1) is 0 Å². The van der Waals surface area contributed by atoms with Crippen LogP contribution >= 0.6 is 12.2 Å². The number of ether oxygens (including phenoxy) is 2. The third kappa shape index (κ3) is 3.78. The van der Waals surface area contributed by atoms with Crippen LogP contribution in [0.4, 0.5) is 0 Å². The Morgan fingerprint density at radius 3 is 2.65 bits per heavy atom. The average molecular weight is 332 g/mol. The average Bonchev–Trinajstić information content (AvgIpc) is 3.17. The van der Waals surface area contributed by atoms with E-state index in [1.807, 2.05) is 12.1 Å². The molecule has 1 saturated carbocycles. The third-order valence-corrected chi connectivity index (χ3v) is 5.00. The minimum atomic E-state index is 0.506. The highest BCUT2D eigenvalue weighted by molar-refractivity contribution is 7.80. The van der Waals surface area contributed by atoms with Crippen molar-refractivity contribution < 1.29 is 9.47 Å². The lowest BCUT2D eigenvalue weighted by Crippen LogP contribution is -2.44. The first-order valence-corrected chi connectivity index (χ1v) is 8.54. The van der Waals surface area contributed by atoms with Crippen LogP contribution in [-0.2, 0) is 6.42 Å². The molecule has 0 aliphatic heterocycles. The number of rotatable bonds is 6. The van der Waals surface area contributed by atoms with E-state index < -0.39 is 0 Å². The summed E-state index contributed by atoms with van der Waals surface area (Å²) in [6.45, 7) is 0.804. The van der Waals surface area contributed by atoms with Gasteiger partial charge in [0.2, 0.25) is 0 Å². The lowest BCUT2D eigenvalue weighted by molar-refractivity contribution is 0.354. The molecule has 2 aliphatic carbocycles. The fourth-order valence-corrected chi connectivity index (χ4v) is 3.78. The standard InChI is InChI=1S/C18H24N2O2S/c1-21-16-6-4-12(11-17(16)22-2)7-8-19-18(23)20-15-10-13-3-5-14(15)9-13/h3-6,11,13-15H,7-10H2,1-2H3,(H2,19,20,23)/t13-,14-,15-/m0/s1. The van der Waals surface area contributed by atoms with Gasteiger partial charge in [0.15, 0.2) is 16.6 Å². The number of fused-ring (bicyclic) bond motifs is 2. The minimum Gasteiger partial charge on any atom is -0.493 e. The van der Waals surface area contributed by atoms with E-state index in [9.17, 15) is 0 Å². The van der Waals surface area contributed by atoms with Gasteiger partial charge >= 0.3 is 0 Å². The smallest absolute Gasteiger partial charge is 0.166 e. The molecule has 0 unspecified atom stereocenters. The largest absolute Gasteiger partial charge is 0.493 e. The van der Waals surface area contributed by atoms with E-state index in [-0.39, 0.29) is 0 Å². The van der Waals surface area contributed by atoms with E-state index in [1.165, 1.54) is 18.4 Å². The maximum Gasteiger partial charge on any atom is 0.166 e. The zero-order chi connectivity index (χ0) is 16.2. The number of allylic oxidation sites excluding steroid dienone is 1. The quantitative estimate of drug-likeness (QED) is 0.619. The molecular weight excluding hydrogens is 308 g/mol. The summed E-state index contributed by atoms with van der Waals surface area (Å²) in [6.07, 6.45) is 8.05. The molecule has 0 saturated heterocycles. The molecule has 2 bridgehead atoms. The Morgan fingerprint density at radius 2 is 2.00 bits per heavy atom. The number of methoxy groups -OCH3 is 2. The molecule has 3 rings (SSSR count). The number of nitrogens with one attached hydrogen (secondary N) is 2. The Morgan fingerprint density at radius 1 is 1.17 bits per heavy atom. The SMILES string of the molecule is COc1ccc(CCNC(=S)N[C@H]2C[C@H]3C=C[C@H]2C3)cc1OC. The van der Waals surface area contributed by atoms with Gasteiger partial charge in [-0.05, 0) is 61.0 Å². The second-order valence-electron chi connectivity index (χ2n) is 6.23. The molecule has 1 aromatic carbocycles. The molecule has 2 N–H and O–H groups in total. The molecule has 1 aromatic rings. The summed E-state index contributed by atoms with van der Waals surface area (Å²) in [7, 11) is 3.30. The summed E-state index contributed by atoms with van der Waals surface area (Å²) in [5.41, 5.74) is 1.20. The molecule has 4 nitrogen and oxygen atoms in total. The van der Waals surface area contributed by atoms with Gasteiger partial charge in [-0.3, -0.25) is 0 Å². The number of thiocarbonyl (C=S) groups is 1. The fourth-order valence-electron chi connectivity index (χ4n) is 3.52. The number of benzene rings is 1. The first-order valence-electron chi connectivity index (χ1n) is 8.13. The van der Waals surface area contributed by atoms with Crippen LogP contribution in [0.3, 0.4) is 0 Å². The van der Waals surface area contributed by atoms with Crippen LogP contribution < -0.4 is 20.1 Å². The predicted octanol–water partition coefficient (Wildman–Crippen LogP) is 2.68. The van der Waals surface area contributed by atoms with Crippen LogP contribution in [0.15, 0.2) is 30.4 Å². The van der Waals surface area contributed by atoms with Crippen molar-refractivity contribution in [3.05, 3.63) is 35.9 Å². The summed E-state index contributed by atoms with van der Waals surface area (Å²) < 4.78 is 10.6. The van der Waals surface area contributed by atoms with Gasteiger partial charge in [0, 0.05) is 12.6 Å². The van der Waals surface area contributed by atoms with Crippen molar-refractivity contribution in [3.8, 4) is 11.5 Å². The van der Waals surface area contributed by atoms with E-state index in [2.05, 4.69) is 28.9 Å². The Bertz CT molecular complexity index is 603. The van der Waals surface area contributed by atoms with Crippen molar-refractivity contribution in [2.75, 3.05) is 20.8 Å². The van der Waals surface area contributed by atoms with Crippen molar-refractivity contribution in [2.24, 2.45) is 11.8 Å². The Balaban J connectivity index is 1.44. The van der Waals surface area contributed by atoms with Gasteiger partial charge in [0.1, 0.15) is 0 Å².